The van der Waals surface area contributed by atoms with E-state index in [2.05, 4.69) is 51.5 Å². The van der Waals surface area contributed by atoms with Crippen LogP contribution in [0, 0.1) is 0 Å². The minimum absolute atomic E-state index is 0.0136. The summed E-state index contributed by atoms with van der Waals surface area (Å²) < 4.78 is 0. The molecular formula is C24H27N3O. The average Bonchev–Trinajstić information content (AvgIpc) is 2.77. The molecule has 1 N–H and O–H groups in total. The quantitative estimate of drug-likeness (QED) is 0.668. The van der Waals surface area contributed by atoms with Crippen molar-refractivity contribution in [3.63, 3.8) is 0 Å². The van der Waals surface area contributed by atoms with Gasteiger partial charge in [0.2, 0.25) is 0 Å². The van der Waals surface area contributed by atoms with E-state index in [9.17, 15) is 4.79 Å². The number of carbonyl (C=O) groups is 1. The Balaban J connectivity index is 1.19. The van der Waals surface area contributed by atoms with Gasteiger partial charge in [-0.2, -0.15) is 0 Å². The minimum Gasteiger partial charge on any atom is -0.369 e. The number of nitrogens with one attached hydrogen (secondary N) is 1. The number of rotatable bonds is 6. The second-order valence-electron chi connectivity index (χ2n) is 7.34. The third kappa shape index (κ3) is 4.52. The molecule has 0 radical (unpaired) electrons. The van der Waals surface area contributed by atoms with Crippen molar-refractivity contribution < 1.29 is 4.79 Å². The van der Waals surface area contributed by atoms with Crippen molar-refractivity contribution in [2.24, 2.45) is 0 Å². The lowest BCUT2D eigenvalue weighted by atomic mass is 10.1. The number of fused-ring (bicyclic) bond motifs is 1. The second kappa shape index (κ2) is 8.89. The molecule has 0 spiro atoms. The van der Waals surface area contributed by atoms with Crippen LogP contribution in [0.5, 0.6) is 0 Å². The van der Waals surface area contributed by atoms with Gasteiger partial charge in [0.15, 0.2) is 0 Å². The summed E-state index contributed by atoms with van der Waals surface area (Å²) in [5.41, 5.74) is 2.04. The van der Waals surface area contributed by atoms with Crippen molar-refractivity contribution in [1.82, 2.24) is 10.2 Å². The molecule has 4 nitrogen and oxygen atoms in total. The molecule has 0 unspecified atom stereocenters. The zero-order valence-corrected chi connectivity index (χ0v) is 16.2. The lowest BCUT2D eigenvalue weighted by Crippen LogP contribution is -2.47. The van der Waals surface area contributed by atoms with Crippen LogP contribution in [0.2, 0.25) is 0 Å². The first-order chi connectivity index (χ1) is 13.8. The SMILES string of the molecule is O=C(NCCCN1CCN(c2ccccc2)CC1)c1ccc2ccccc2c1. The molecular weight excluding hydrogens is 346 g/mol. The molecule has 0 atom stereocenters. The van der Waals surface area contributed by atoms with E-state index in [-0.39, 0.29) is 5.91 Å². The fraction of sp³-hybridized carbons (Fsp3) is 0.292. The molecule has 1 fully saturated rings. The summed E-state index contributed by atoms with van der Waals surface area (Å²) in [6.07, 6.45) is 0.977. The van der Waals surface area contributed by atoms with E-state index in [1.807, 2.05) is 36.4 Å². The largest absolute Gasteiger partial charge is 0.369 e. The van der Waals surface area contributed by atoms with Crippen LogP contribution in [-0.2, 0) is 0 Å². The van der Waals surface area contributed by atoms with Crippen LogP contribution in [-0.4, -0.2) is 50.1 Å². The molecule has 0 aromatic heterocycles. The van der Waals surface area contributed by atoms with Crippen LogP contribution in [0.1, 0.15) is 16.8 Å². The third-order valence-electron chi connectivity index (χ3n) is 5.44. The van der Waals surface area contributed by atoms with Gasteiger partial charge in [0.1, 0.15) is 0 Å². The summed E-state index contributed by atoms with van der Waals surface area (Å²) in [6.45, 7) is 6.02. The normalized spacial score (nSPS) is 14.9. The topological polar surface area (TPSA) is 35.6 Å². The van der Waals surface area contributed by atoms with E-state index in [0.29, 0.717) is 6.54 Å². The van der Waals surface area contributed by atoms with Gasteiger partial charge in [0, 0.05) is 44.0 Å². The van der Waals surface area contributed by atoms with Crippen molar-refractivity contribution in [2.45, 2.75) is 6.42 Å². The van der Waals surface area contributed by atoms with E-state index in [4.69, 9.17) is 0 Å². The zero-order chi connectivity index (χ0) is 19.2. The molecule has 4 rings (SSSR count). The van der Waals surface area contributed by atoms with Crippen LogP contribution >= 0.6 is 0 Å². The Kier molecular flexibility index (Phi) is 5.88. The first-order valence-electron chi connectivity index (χ1n) is 10.1. The number of hydrogen-bond donors (Lipinski definition) is 1. The van der Waals surface area contributed by atoms with Gasteiger partial charge in [-0.15, -0.1) is 0 Å². The Morgan fingerprint density at radius 2 is 1.54 bits per heavy atom. The summed E-state index contributed by atoms with van der Waals surface area (Å²) >= 11 is 0. The molecule has 4 heteroatoms. The van der Waals surface area contributed by atoms with E-state index in [1.54, 1.807) is 0 Å². The molecule has 0 bridgehead atoms. The minimum atomic E-state index is 0.0136. The van der Waals surface area contributed by atoms with Crippen LogP contribution in [0.25, 0.3) is 10.8 Å². The summed E-state index contributed by atoms with van der Waals surface area (Å²) in [5, 5.41) is 5.33. The molecule has 144 valence electrons. The summed E-state index contributed by atoms with van der Waals surface area (Å²) in [6, 6.07) is 24.6. The van der Waals surface area contributed by atoms with Crippen LogP contribution in [0.15, 0.2) is 72.8 Å². The van der Waals surface area contributed by atoms with Crippen molar-refractivity contribution >= 4 is 22.4 Å². The Bertz CT molecular complexity index is 917. The molecule has 0 saturated carbocycles. The monoisotopic (exact) mass is 373 g/mol. The smallest absolute Gasteiger partial charge is 0.251 e. The number of nitrogens with zero attached hydrogens (tertiary/aromatic N) is 2. The second-order valence-corrected chi connectivity index (χ2v) is 7.34. The van der Waals surface area contributed by atoms with Gasteiger partial charge >= 0.3 is 0 Å². The lowest BCUT2D eigenvalue weighted by molar-refractivity contribution is 0.0951. The maximum Gasteiger partial charge on any atom is 0.251 e. The molecule has 3 aromatic rings. The maximum absolute atomic E-state index is 12.4. The highest BCUT2D eigenvalue weighted by molar-refractivity contribution is 5.98. The van der Waals surface area contributed by atoms with Crippen molar-refractivity contribution in [3.8, 4) is 0 Å². The number of benzene rings is 3. The van der Waals surface area contributed by atoms with Gasteiger partial charge in [-0.3, -0.25) is 9.69 Å². The molecule has 1 amide bonds. The Morgan fingerprint density at radius 1 is 0.821 bits per heavy atom. The molecule has 1 aliphatic rings. The molecule has 1 aliphatic heterocycles. The molecule has 28 heavy (non-hydrogen) atoms. The summed E-state index contributed by atoms with van der Waals surface area (Å²) in [4.78, 5) is 17.3. The van der Waals surface area contributed by atoms with Crippen molar-refractivity contribution in [1.29, 1.82) is 0 Å². The maximum atomic E-state index is 12.4. The third-order valence-corrected chi connectivity index (χ3v) is 5.44. The predicted molar refractivity (Wildman–Crippen MR) is 116 cm³/mol. The Morgan fingerprint density at radius 3 is 2.32 bits per heavy atom. The van der Waals surface area contributed by atoms with E-state index >= 15 is 0 Å². The number of hydrogen-bond acceptors (Lipinski definition) is 3. The Hall–Kier alpha value is -2.85. The fourth-order valence-corrected chi connectivity index (χ4v) is 3.81. The van der Waals surface area contributed by atoms with Gasteiger partial charge in [-0.25, -0.2) is 0 Å². The fourth-order valence-electron chi connectivity index (χ4n) is 3.81. The van der Waals surface area contributed by atoms with Gasteiger partial charge in [0.25, 0.3) is 5.91 Å². The molecule has 3 aromatic carbocycles. The van der Waals surface area contributed by atoms with Gasteiger partial charge in [0.05, 0.1) is 0 Å². The highest BCUT2D eigenvalue weighted by atomic mass is 16.1. The lowest BCUT2D eigenvalue weighted by Gasteiger charge is -2.36. The highest BCUT2D eigenvalue weighted by Gasteiger charge is 2.16. The molecule has 1 saturated heterocycles. The summed E-state index contributed by atoms with van der Waals surface area (Å²) in [7, 11) is 0. The van der Waals surface area contributed by atoms with E-state index < -0.39 is 0 Å². The number of amides is 1. The number of anilines is 1. The predicted octanol–water partition coefficient (Wildman–Crippen LogP) is 3.78. The average molecular weight is 374 g/mol. The van der Waals surface area contributed by atoms with E-state index in [1.165, 1.54) is 5.69 Å². The first kappa shape index (κ1) is 18.5. The first-order valence-corrected chi connectivity index (χ1v) is 10.1. The highest BCUT2D eigenvalue weighted by Crippen LogP contribution is 2.16. The Labute approximate surface area is 166 Å². The van der Waals surface area contributed by atoms with Crippen LogP contribution < -0.4 is 10.2 Å². The van der Waals surface area contributed by atoms with Gasteiger partial charge in [-0.1, -0.05) is 48.5 Å². The molecule has 1 heterocycles. The van der Waals surface area contributed by atoms with Crippen LogP contribution in [0.4, 0.5) is 5.69 Å². The van der Waals surface area contributed by atoms with Crippen LogP contribution in [0.3, 0.4) is 0 Å². The number of para-hydroxylation sites is 1. The zero-order valence-electron chi connectivity index (χ0n) is 16.2. The summed E-state index contributed by atoms with van der Waals surface area (Å²) in [5.74, 6) is 0.0136. The van der Waals surface area contributed by atoms with Crippen molar-refractivity contribution in [3.05, 3.63) is 78.4 Å². The van der Waals surface area contributed by atoms with E-state index in [0.717, 1.165) is 55.5 Å². The number of carbonyl (C=O) groups excluding carboxylic acids is 1. The van der Waals surface area contributed by atoms with Gasteiger partial charge in [-0.05, 0) is 48.0 Å². The standard InChI is InChI=1S/C24H27N3O/c28-24(22-12-11-20-7-4-5-8-21(20)19-22)25-13-6-14-26-15-17-27(18-16-26)23-9-2-1-3-10-23/h1-5,7-12,19H,6,13-18H2,(H,25,28). The van der Waals surface area contributed by atoms with Crippen molar-refractivity contribution in [2.75, 3.05) is 44.2 Å². The number of piperazine rings is 1. The molecule has 0 aliphatic carbocycles. The van der Waals surface area contributed by atoms with Gasteiger partial charge < -0.3 is 10.2 Å².